The van der Waals surface area contributed by atoms with Gasteiger partial charge >= 0.3 is 6.18 Å². The van der Waals surface area contributed by atoms with Gasteiger partial charge in [-0.25, -0.2) is 13.1 Å². The van der Waals surface area contributed by atoms with E-state index in [1.54, 1.807) is 19.1 Å². The number of benzene rings is 3. The molecule has 3 aromatic carbocycles. The molecule has 33 heavy (non-hydrogen) atoms. The van der Waals surface area contributed by atoms with E-state index in [2.05, 4.69) is 10.0 Å². The molecule has 11 heteroatoms. The number of rotatable bonds is 6. The van der Waals surface area contributed by atoms with Crippen molar-refractivity contribution in [3.05, 3.63) is 93.0 Å². The van der Waals surface area contributed by atoms with E-state index in [1.807, 2.05) is 0 Å². The molecule has 0 unspecified atom stereocenters. The van der Waals surface area contributed by atoms with Gasteiger partial charge in [-0.3, -0.25) is 4.79 Å². The van der Waals surface area contributed by atoms with Gasteiger partial charge in [0.2, 0.25) is 10.0 Å². The van der Waals surface area contributed by atoms with Gasteiger partial charge in [-0.1, -0.05) is 41.4 Å². The zero-order valence-electron chi connectivity index (χ0n) is 17.0. The molecule has 5 nitrogen and oxygen atoms in total. The Labute approximate surface area is 198 Å². The van der Waals surface area contributed by atoms with Crippen molar-refractivity contribution < 1.29 is 26.4 Å². The van der Waals surface area contributed by atoms with Gasteiger partial charge in [-0.05, 0) is 60.5 Å². The summed E-state index contributed by atoms with van der Waals surface area (Å²) >= 11 is 11.9. The number of halogens is 5. The fraction of sp³-hybridized carbons (Fsp3) is 0.136. The monoisotopic (exact) mass is 516 g/mol. The average molecular weight is 517 g/mol. The quantitative estimate of drug-likeness (QED) is 0.418. The van der Waals surface area contributed by atoms with E-state index in [9.17, 15) is 26.4 Å². The SMILES string of the molecule is Cc1ccc(S(=O)(=O)NCc2ccc(Cl)cc2Cl)cc1C(=O)Nc1cccc(C(F)(F)F)c1. The first kappa shape index (κ1) is 25.0. The molecular weight excluding hydrogens is 500 g/mol. The largest absolute Gasteiger partial charge is 0.416 e. The molecule has 0 atom stereocenters. The molecule has 0 aliphatic heterocycles. The molecule has 0 spiro atoms. The van der Waals surface area contributed by atoms with E-state index in [0.29, 0.717) is 16.1 Å². The minimum Gasteiger partial charge on any atom is -0.322 e. The summed E-state index contributed by atoms with van der Waals surface area (Å²) in [5.74, 6) is -0.746. The van der Waals surface area contributed by atoms with E-state index < -0.39 is 27.7 Å². The highest BCUT2D eigenvalue weighted by atomic mass is 35.5. The van der Waals surface area contributed by atoms with Crippen LogP contribution in [-0.4, -0.2) is 14.3 Å². The molecule has 0 saturated carbocycles. The number of hydrogen-bond acceptors (Lipinski definition) is 3. The number of sulfonamides is 1. The molecular formula is C22H17Cl2F3N2O3S. The number of alkyl halides is 3. The van der Waals surface area contributed by atoms with Crippen LogP contribution in [0.2, 0.25) is 10.0 Å². The second kappa shape index (κ2) is 9.72. The summed E-state index contributed by atoms with van der Waals surface area (Å²) in [6, 6.07) is 12.7. The molecule has 174 valence electrons. The van der Waals surface area contributed by atoms with Crippen LogP contribution in [0.1, 0.15) is 27.0 Å². The van der Waals surface area contributed by atoms with E-state index in [1.165, 1.54) is 24.3 Å². The maximum absolute atomic E-state index is 12.9. The van der Waals surface area contributed by atoms with Crippen LogP contribution in [0.3, 0.4) is 0 Å². The van der Waals surface area contributed by atoms with Crippen molar-refractivity contribution in [2.24, 2.45) is 0 Å². The average Bonchev–Trinajstić information content (AvgIpc) is 2.73. The minimum atomic E-state index is -4.57. The molecule has 0 aromatic heterocycles. The molecule has 0 aliphatic rings. The van der Waals surface area contributed by atoms with Crippen LogP contribution in [0.15, 0.2) is 65.6 Å². The summed E-state index contributed by atoms with van der Waals surface area (Å²) in [5, 5.41) is 3.07. The first-order valence-corrected chi connectivity index (χ1v) is 11.6. The van der Waals surface area contributed by atoms with Gasteiger partial charge in [0, 0.05) is 27.8 Å². The van der Waals surface area contributed by atoms with Crippen LogP contribution in [0.25, 0.3) is 0 Å². The highest BCUT2D eigenvalue weighted by Gasteiger charge is 2.30. The molecule has 0 bridgehead atoms. The van der Waals surface area contributed by atoms with Gasteiger partial charge in [0.05, 0.1) is 10.5 Å². The van der Waals surface area contributed by atoms with Gasteiger partial charge in [0.1, 0.15) is 0 Å². The Bertz CT molecular complexity index is 1310. The van der Waals surface area contributed by atoms with E-state index in [-0.39, 0.29) is 27.7 Å². The summed E-state index contributed by atoms with van der Waals surface area (Å²) < 4.78 is 66.6. The summed E-state index contributed by atoms with van der Waals surface area (Å²) in [4.78, 5) is 12.5. The van der Waals surface area contributed by atoms with E-state index >= 15 is 0 Å². The zero-order valence-corrected chi connectivity index (χ0v) is 19.3. The zero-order chi connectivity index (χ0) is 24.4. The third kappa shape index (κ3) is 6.26. The normalized spacial score (nSPS) is 11.9. The van der Waals surface area contributed by atoms with Crippen LogP contribution in [0.4, 0.5) is 18.9 Å². The standard InChI is InChI=1S/C22H17Cl2F3N2O3S/c1-13-5-8-18(33(31,32)28-12-14-6-7-16(23)10-20(14)24)11-19(13)21(30)29-17-4-2-3-15(9-17)22(25,26)27/h2-11,28H,12H2,1H3,(H,29,30). The number of hydrogen-bond donors (Lipinski definition) is 2. The number of anilines is 1. The summed E-state index contributed by atoms with van der Waals surface area (Å²) in [6.07, 6.45) is -4.57. The van der Waals surface area contributed by atoms with Crippen molar-refractivity contribution in [2.45, 2.75) is 24.5 Å². The molecule has 0 radical (unpaired) electrons. The molecule has 0 heterocycles. The predicted molar refractivity (Wildman–Crippen MR) is 121 cm³/mol. The van der Waals surface area contributed by atoms with Crippen molar-refractivity contribution in [1.29, 1.82) is 0 Å². The lowest BCUT2D eigenvalue weighted by Gasteiger charge is -2.13. The van der Waals surface area contributed by atoms with Crippen LogP contribution in [0, 0.1) is 6.92 Å². The van der Waals surface area contributed by atoms with Crippen molar-refractivity contribution >= 4 is 44.8 Å². The van der Waals surface area contributed by atoms with Crippen LogP contribution in [-0.2, 0) is 22.7 Å². The molecule has 3 aromatic rings. The molecule has 1 amide bonds. The Kier molecular flexibility index (Phi) is 7.38. The summed E-state index contributed by atoms with van der Waals surface area (Å²) in [6.45, 7) is 1.47. The number of nitrogens with one attached hydrogen (secondary N) is 2. The highest BCUT2D eigenvalue weighted by molar-refractivity contribution is 7.89. The van der Waals surface area contributed by atoms with E-state index in [4.69, 9.17) is 23.2 Å². The summed E-state index contributed by atoms with van der Waals surface area (Å²) in [7, 11) is -4.03. The lowest BCUT2D eigenvalue weighted by atomic mass is 10.1. The molecule has 3 rings (SSSR count). The molecule has 0 aliphatic carbocycles. The highest BCUT2D eigenvalue weighted by Crippen LogP contribution is 2.31. The van der Waals surface area contributed by atoms with Crippen molar-refractivity contribution in [3.63, 3.8) is 0 Å². The fourth-order valence-corrected chi connectivity index (χ4v) is 4.41. The molecule has 2 N–H and O–H groups in total. The summed E-state index contributed by atoms with van der Waals surface area (Å²) in [5.41, 5.74) is -0.0466. The van der Waals surface area contributed by atoms with Gasteiger partial charge in [-0.15, -0.1) is 0 Å². The van der Waals surface area contributed by atoms with Gasteiger partial charge in [0.25, 0.3) is 5.91 Å². The maximum atomic E-state index is 12.9. The van der Waals surface area contributed by atoms with Crippen LogP contribution < -0.4 is 10.0 Å². The Morgan fingerprint density at radius 1 is 1.00 bits per heavy atom. The number of carbonyl (C=O) groups excluding carboxylic acids is 1. The molecule has 0 fully saturated rings. The van der Waals surface area contributed by atoms with Crippen molar-refractivity contribution in [2.75, 3.05) is 5.32 Å². The Hall–Kier alpha value is -2.59. The van der Waals surface area contributed by atoms with Crippen LogP contribution >= 0.6 is 23.2 Å². The predicted octanol–water partition coefficient (Wildman–Crippen LogP) is 6.05. The minimum absolute atomic E-state index is 0.000174. The maximum Gasteiger partial charge on any atom is 0.416 e. The lowest BCUT2D eigenvalue weighted by Crippen LogP contribution is -2.24. The smallest absolute Gasteiger partial charge is 0.322 e. The van der Waals surface area contributed by atoms with Crippen LogP contribution in [0.5, 0.6) is 0 Å². The van der Waals surface area contributed by atoms with Gasteiger partial charge in [0.15, 0.2) is 0 Å². The lowest BCUT2D eigenvalue weighted by molar-refractivity contribution is -0.137. The second-order valence-electron chi connectivity index (χ2n) is 7.07. The van der Waals surface area contributed by atoms with Crippen molar-refractivity contribution in [3.8, 4) is 0 Å². The Balaban J connectivity index is 1.81. The van der Waals surface area contributed by atoms with E-state index in [0.717, 1.165) is 24.3 Å². The number of amides is 1. The third-order valence-electron chi connectivity index (χ3n) is 4.68. The van der Waals surface area contributed by atoms with Crippen molar-refractivity contribution in [1.82, 2.24) is 4.72 Å². The third-order valence-corrected chi connectivity index (χ3v) is 6.67. The first-order valence-electron chi connectivity index (χ1n) is 9.40. The second-order valence-corrected chi connectivity index (χ2v) is 9.68. The Morgan fingerprint density at radius 3 is 2.39 bits per heavy atom. The Morgan fingerprint density at radius 2 is 1.73 bits per heavy atom. The first-order chi connectivity index (χ1) is 15.4. The fourth-order valence-electron chi connectivity index (χ4n) is 2.91. The van der Waals surface area contributed by atoms with Gasteiger partial charge < -0.3 is 5.32 Å². The molecule has 0 saturated heterocycles. The topological polar surface area (TPSA) is 75.3 Å². The number of aryl methyl sites for hydroxylation is 1. The van der Waals surface area contributed by atoms with Gasteiger partial charge in [-0.2, -0.15) is 13.2 Å². The number of carbonyl (C=O) groups is 1.